The van der Waals surface area contributed by atoms with Crippen molar-refractivity contribution in [2.75, 3.05) is 38.2 Å². The van der Waals surface area contributed by atoms with Gasteiger partial charge in [0.1, 0.15) is 0 Å². The predicted molar refractivity (Wildman–Crippen MR) is 73.5 cm³/mol. The van der Waals surface area contributed by atoms with Crippen molar-refractivity contribution in [3.8, 4) is 5.88 Å². The number of anilines is 1. The molecule has 1 aromatic heterocycles. The third kappa shape index (κ3) is 3.54. The van der Waals surface area contributed by atoms with E-state index in [-0.39, 0.29) is 6.10 Å². The van der Waals surface area contributed by atoms with Crippen molar-refractivity contribution in [1.82, 2.24) is 14.9 Å². The van der Waals surface area contributed by atoms with E-state index < -0.39 is 0 Å². The van der Waals surface area contributed by atoms with Gasteiger partial charge in [0, 0.05) is 44.5 Å². The number of ether oxygens (including phenoxy) is 1. The minimum Gasteiger partial charge on any atom is -0.481 e. The Balaban J connectivity index is 2.01. The molecule has 1 N–H and O–H groups in total. The highest BCUT2D eigenvalue weighted by molar-refractivity contribution is 5.33. The molecule has 0 unspecified atom stereocenters. The fraction of sp³-hybridized carbons (Fsp3) is 0.692. The molecule has 1 aromatic rings. The Morgan fingerprint density at radius 2 is 2.32 bits per heavy atom. The van der Waals surface area contributed by atoms with Crippen LogP contribution in [0, 0.1) is 0 Å². The Bertz CT molecular complexity index is 413. The summed E-state index contributed by atoms with van der Waals surface area (Å²) in [5, 5.41) is 9.48. The lowest BCUT2D eigenvalue weighted by molar-refractivity contribution is 0.0957. The van der Waals surface area contributed by atoms with E-state index in [4.69, 9.17) is 4.74 Å². The maximum absolute atomic E-state index is 9.48. The molecule has 2 atom stereocenters. The second-order valence-corrected chi connectivity index (χ2v) is 5.04. The largest absolute Gasteiger partial charge is 0.481 e. The number of piperazine rings is 1. The summed E-state index contributed by atoms with van der Waals surface area (Å²) in [6.07, 6.45) is 1.43. The highest BCUT2D eigenvalue weighted by Gasteiger charge is 2.25. The summed E-state index contributed by atoms with van der Waals surface area (Å²) in [6, 6.07) is 2.12. The summed E-state index contributed by atoms with van der Waals surface area (Å²) in [5.41, 5.74) is 0. The van der Waals surface area contributed by atoms with Crippen molar-refractivity contribution in [3.05, 3.63) is 12.3 Å². The Morgan fingerprint density at radius 3 is 2.95 bits per heavy atom. The minimum absolute atomic E-state index is 0.290. The molecule has 1 aliphatic heterocycles. The van der Waals surface area contributed by atoms with Gasteiger partial charge in [0.15, 0.2) is 0 Å². The summed E-state index contributed by atoms with van der Waals surface area (Å²) >= 11 is 0. The standard InChI is InChI=1S/C13H22N4O2/c1-10-8-17(7-6-16(10)9-11(2)18)13-14-5-4-12(15-13)19-3/h4-5,10-11,18H,6-9H2,1-3H3/t10-,11-/m1/s1. The first-order valence-electron chi connectivity index (χ1n) is 6.64. The van der Waals surface area contributed by atoms with Crippen molar-refractivity contribution in [3.63, 3.8) is 0 Å². The zero-order valence-corrected chi connectivity index (χ0v) is 11.8. The minimum atomic E-state index is -0.290. The van der Waals surface area contributed by atoms with Gasteiger partial charge >= 0.3 is 0 Å². The number of aromatic nitrogens is 2. The average Bonchev–Trinajstić information content (AvgIpc) is 2.40. The molecule has 0 bridgehead atoms. The van der Waals surface area contributed by atoms with Gasteiger partial charge in [-0.1, -0.05) is 0 Å². The van der Waals surface area contributed by atoms with Crippen LogP contribution in [0.25, 0.3) is 0 Å². The number of hydrogen-bond donors (Lipinski definition) is 1. The summed E-state index contributed by atoms with van der Waals surface area (Å²) < 4.78 is 5.13. The Kier molecular flexibility index (Phi) is 4.55. The van der Waals surface area contributed by atoms with Gasteiger partial charge in [0.05, 0.1) is 13.2 Å². The van der Waals surface area contributed by atoms with Crippen LogP contribution >= 0.6 is 0 Å². The van der Waals surface area contributed by atoms with E-state index in [1.165, 1.54) is 0 Å². The Morgan fingerprint density at radius 1 is 1.53 bits per heavy atom. The number of methoxy groups -OCH3 is 1. The molecule has 0 aliphatic carbocycles. The van der Waals surface area contributed by atoms with E-state index in [0.717, 1.165) is 19.6 Å². The molecule has 6 heteroatoms. The van der Waals surface area contributed by atoms with Crippen LogP contribution in [-0.4, -0.2) is 65.4 Å². The lowest BCUT2D eigenvalue weighted by atomic mass is 10.2. The number of rotatable bonds is 4. The van der Waals surface area contributed by atoms with Gasteiger partial charge in [-0.15, -0.1) is 0 Å². The second-order valence-electron chi connectivity index (χ2n) is 5.04. The Hall–Kier alpha value is -1.40. The molecule has 0 spiro atoms. The first-order valence-corrected chi connectivity index (χ1v) is 6.64. The highest BCUT2D eigenvalue weighted by atomic mass is 16.5. The molecule has 1 saturated heterocycles. The SMILES string of the molecule is COc1ccnc(N2CCN(C[C@@H](C)O)[C@H](C)C2)n1. The van der Waals surface area contributed by atoms with E-state index >= 15 is 0 Å². The number of aliphatic hydroxyl groups excluding tert-OH is 1. The first-order chi connectivity index (χ1) is 9.10. The van der Waals surface area contributed by atoms with Crippen LogP contribution in [0.15, 0.2) is 12.3 Å². The lowest BCUT2D eigenvalue weighted by Crippen LogP contribution is -2.53. The summed E-state index contributed by atoms with van der Waals surface area (Å²) in [6.45, 7) is 7.34. The monoisotopic (exact) mass is 266 g/mol. The van der Waals surface area contributed by atoms with Crippen LogP contribution in [0.1, 0.15) is 13.8 Å². The maximum Gasteiger partial charge on any atom is 0.228 e. The lowest BCUT2D eigenvalue weighted by Gasteiger charge is -2.40. The van der Waals surface area contributed by atoms with Crippen molar-refractivity contribution < 1.29 is 9.84 Å². The van der Waals surface area contributed by atoms with Crippen molar-refractivity contribution in [1.29, 1.82) is 0 Å². The summed E-state index contributed by atoms with van der Waals surface area (Å²) in [4.78, 5) is 13.1. The number of hydrogen-bond acceptors (Lipinski definition) is 6. The molecule has 2 heterocycles. The molecule has 0 saturated carbocycles. The van der Waals surface area contributed by atoms with Crippen molar-refractivity contribution in [2.45, 2.75) is 26.0 Å². The van der Waals surface area contributed by atoms with Gasteiger partial charge in [-0.3, -0.25) is 4.90 Å². The fourth-order valence-corrected chi connectivity index (χ4v) is 2.39. The van der Waals surface area contributed by atoms with E-state index in [2.05, 4.69) is 26.7 Å². The van der Waals surface area contributed by atoms with Crippen LogP contribution in [0.3, 0.4) is 0 Å². The van der Waals surface area contributed by atoms with Gasteiger partial charge in [-0.05, 0) is 13.8 Å². The van der Waals surface area contributed by atoms with Crippen molar-refractivity contribution in [2.24, 2.45) is 0 Å². The average molecular weight is 266 g/mol. The third-order valence-corrected chi connectivity index (χ3v) is 3.37. The molecule has 1 fully saturated rings. The first kappa shape index (κ1) is 14.0. The normalized spacial score (nSPS) is 22.3. The molecule has 0 aromatic carbocycles. The molecule has 0 radical (unpaired) electrons. The third-order valence-electron chi connectivity index (χ3n) is 3.37. The van der Waals surface area contributed by atoms with E-state index in [0.29, 0.717) is 24.4 Å². The number of nitrogens with zero attached hydrogens (tertiary/aromatic N) is 4. The quantitative estimate of drug-likeness (QED) is 0.850. The van der Waals surface area contributed by atoms with Gasteiger partial charge in [-0.25, -0.2) is 4.98 Å². The molecule has 19 heavy (non-hydrogen) atoms. The molecule has 0 amide bonds. The molecule has 1 aliphatic rings. The zero-order valence-electron chi connectivity index (χ0n) is 11.8. The molecule has 2 rings (SSSR count). The van der Waals surface area contributed by atoms with Gasteiger partial charge in [0.25, 0.3) is 0 Å². The number of aliphatic hydroxyl groups is 1. The Labute approximate surface area is 114 Å². The fourth-order valence-electron chi connectivity index (χ4n) is 2.39. The predicted octanol–water partition coefficient (Wildman–Crippen LogP) is 0.376. The second kappa shape index (κ2) is 6.16. The maximum atomic E-state index is 9.48. The van der Waals surface area contributed by atoms with E-state index in [9.17, 15) is 5.11 Å². The van der Waals surface area contributed by atoms with E-state index in [1.807, 2.05) is 6.92 Å². The topological polar surface area (TPSA) is 61.7 Å². The zero-order chi connectivity index (χ0) is 13.8. The van der Waals surface area contributed by atoms with Gasteiger partial charge in [0.2, 0.25) is 11.8 Å². The highest BCUT2D eigenvalue weighted by Crippen LogP contribution is 2.17. The molecular formula is C13H22N4O2. The van der Waals surface area contributed by atoms with E-state index in [1.54, 1.807) is 19.4 Å². The smallest absolute Gasteiger partial charge is 0.228 e. The van der Waals surface area contributed by atoms with Crippen LogP contribution in [0.4, 0.5) is 5.95 Å². The summed E-state index contributed by atoms with van der Waals surface area (Å²) in [7, 11) is 1.61. The van der Waals surface area contributed by atoms with Crippen LogP contribution in [-0.2, 0) is 0 Å². The van der Waals surface area contributed by atoms with Crippen molar-refractivity contribution >= 4 is 5.95 Å². The van der Waals surface area contributed by atoms with Crippen LogP contribution in [0.5, 0.6) is 5.88 Å². The molecular weight excluding hydrogens is 244 g/mol. The van der Waals surface area contributed by atoms with Crippen LogP contribution in [0.2, 0.25) is 0 Å². The van der Waals surface area contributed by atoms with Crippen LogP contribution < -0.4 is 9.64 Å². The molecule has 6 nitrogen and oxygen atoms in total. The summed E-state index contributed by atoms with van der Waals surface area (Å²) in [5.74, 6) is 1.30. The molecule has 106 valence electrons. The number of β-amino-alcohol motifs (C(OH)–C–C–N with tert-alkyl or cyclic N) is 1. The van der Waals surface area contributed by atoms with Gasteiger partial charge < -0.3 is 14.7 Å². The van der Waals surface area contributed by atoms with Gasteiger partial charge in [-0.2, -0.15) is 4.98 Å².